The molecule has 1 aromatic heterocycles. The van der Waals surface area contributed by atoms with Gasteiger partial charge in [0.05, 0.1) is 23.7 Å². The lowest BCUT2D eigenvalue weighted by atomic mass is 9.98. The molecule has 1 aliphatic carbocycles. The summed E-state index contributed by atoms with van der Waals surface area (Å²) in [6.45, 7) is 3.63. The molecule has 1 aliphatic rings. The highest BCUT2D eigenvalue weighted by atomic mass is 19.4. The maximum Gasteiger partial charge on any atom is 0.490 e. The number of aliphatic carboxylic acids is 1. The smallest absolute Gasteiger partial charge is 0.475 e. The van der Waals surface area contributed by atoms with E-state index in [0.29, 0.717) is 34.8 Å². The SMILES string of the molecule is CC(C)C[C@H](N[C@@H](c1ccc2c(c1)oc1ccc(C#N)cc12)C(F)(F)F)C(=O)NC1(C#N)CC1.O=C(O)C(F)(F)F. The highest BCUT2D eigenvalue weighted by Gasteiger charge is 2.47. The molecule has 218 valence electrons. The molecule has 0 unspecified atom stereocenters. The standard InChI is InChI=1S/C25H23F3N4O2.C2HF3O2/c1-14(2)9-19(23(33)32-24(13-30)7-8-24)31-22(25(26,27)28)16-4-5-17-18-10-15(12-29)3-6-20(18)34-21(17)11-16;3-2(4,5)1(6)7/h3-6,10-11,14,19,22,31H,7-9H2,1-2H3,(H,32,33);(H,6,7)/t19-,22-;/m0./s1. The van der Waals surface area contributed by atoms with Crippen LogP contribution in [0, 0.1) is 28.6 Å². The van der Waals surface area contributed by atoms with Crippen LogP contribution in [0.25, 0.3) is 21.9 Å². The fourth-order valence-corrected chi connectivity index (χ4v) is 4.06. The van der Waals surface area contributed by atoms with Crippen LogP contribution in [-0.4, -0.2) is 40.9 Å². The third-order valence-corrected chi connectivity index (χ3v) is 6.25. The molecule has 1 fully saturated rings. The van der Waals surface area contributed by atoms with Gasteiger partial charge < -0.3 is 14.8 Å². The van der Waals surface area contributed by atoms with Crippen LogP contribution in [0.2, 0.25) is 0 Å². The van der Waals surface area contributed by atoms with Crippen molar-refractivity contribution < 1.29 is 45.5 Å². The van der Waals surface area contributed by atoms with Gasteiger partial charge in [-0.15, -0.1) is 0 Å². The number of carboxylic acids is 1. The van der Waals surface area contributed by atoms with E-state index in [1.54, 1.807) is 18.2 Å². The van der Waals surface area contributed by atoms with Crippen LogP contribution in [0.1, 0.15) is 50.3 Å². The number of amides is 1. The number of carbonyl (C=O) groups is 2. The van der Waals surface area contributed by atoms with Gasteiger partial charge in [-0.25, -0.2) is 4.79 Å². The average Bonchev–Trinajstić information content (AvgIpc) is 3.56. The third-order valence-electron chi connectivity index (χ3n) is 6.25. The average molecular weight is 583 g/mol. The number of hydrogen-bond donors (Lipinski definition) is 3. The number of nitrogens with zero attached hydrogens (tertiary/aromatic N) is 2. The van der Waals surface area contributed by atoms with E-state index in [9.17, 15) is 36.4 Å². The molecular formula is C27H24F6N4O4. The molecule has 1 heterocycles. The first-order chi connectivity index (χ1) is 19.0. The molecule has 1 amide bonds. The molecule has 8 nitrogen and oxygen atoms in total. The van der Waals surface area contributed by atoms with Crippen LogP contribution in [0.15, 0.2) is 40.8 Å². The lowest BCUT2D eigenvalue weighted by Crippen LogP contribution is -2.52. The maximum absolute atomic E-state index is 14.2. The number of hydrogen-bond acceptors (Lipinski definition) is 6. The fraction of sp³-hybridized carbons (Fsp3) is 0.407. The molecule has 2 aromatic carbocycles. The van der Waals surface area contributed by atoms with Gasteiger partial charge >= 0.3 is 18.3 Å². The van der Waals surface area contributed by atoms with Crippen molar-refractivity contribution in [3.05, 3.63) is 47.5 Å². The minimum absolute atomic E-state index is 0.0541. The number of carbonyl (C=O) groups excluding carboxylic acids is 1. The van der Waals surface area contributed by atoms with E-state index in [-0.39, 0.29) is 23.5 Å². The molecule has 14 heteroatoms. The molecule has 1 saturated carbocycles. The molecule has 0 saturated heterocycles. The first-order valence-electron chi connectivity index (χ1n) is 12.2. The van der Waals surface area contributed by atoms with Crippen LogP contribution < -0.4 is 10.6 Å². The van der Waals surface area contributed by atoms with Crippen LogP contribution >= 0.6 is 0 Å². The van der Waals surface area contributed by atoms with Gasteiger partial charge in [0.15, 0.2) is 0 Å². The Morgan fingerprint density at radius 2 is 1.66 bits per heavy atom. The predicted molar refractivity (Wildman–Crippen MR) is 133 cm³/mol. The maximum atomic E-state index is 14.2. The first kappa shape index (κ1) is 31.2. The molecule has 41 heavy (non-hydrogen) atoms. The summed E-state index contributed by atoms with van der Waals surface area (Å²) in [5.41, 5.74) is 0.0675. The zero-order valence-electron chi connectivity index (χ0n) is 21.7. The second-order valence-corrected chi connectivity index (χ2v) is 9.99. The Morgan fingerprint density at radius 1 is 1.02 bits per heavy atom. The van der Waals surface area contributed by atoms with Gasteiger partial charge in [-0.3, -0.25) is 10.1 Å². The second kappa shape index (κ2) is 11.7. The van der Waals surface area contributed by atoms with Gasteiger partial charge in [0.1, 0.15) is 22.7 Å². The van der Waals surface area contributed by atoms with E-state index in [1.165, 1.54) is 18.2 Å². The number of alkyl halides is 6. The number of nitrogens with one attached hydrogen (secondary N) is 2. The summed E-state index contributed by atoms with van der Waals surface area (Å²) < 4.78 is 80.0. The van der Waals surface area contributed by atoms with Gasteiger partial charge in [-0.2, -0.15) is 36.9 Å². The molecular weight excluding hydrogens is 558 g/mol. The van der Waals surface area contributed by atoms with Crippen molar-refractivity contribution in [2.45, 2.75) is 63.1 Å². The van der Waals surface area contributed by atoms with Crippen molar-refractivity contribution in [1.29, 1.82) is 10.5 Å². The van der Waals surface area contributed by atoms with Crippen molar-refractivity contribution in [3.63, 3.8) is 0 Å². The third kappa shape index (κ3) is 7.67. The Balaban J connectivity index is 0.000000587. The van der Waals surface area contributed by atoms with Crippen LogP contribution in [0.4, 0.5) is 26.3 Å². The van der Waals surface area contributed by atoms with Gasteiger partial charge in [-0.05, 0) is 55.0 Å². The van der Waals surface area contributed by atoms with E-state index in [1.807, 2.05) is 26.0 Å². The topological polar surface area (TPSA) is 139 Å². The molecule has 0 bridgehead atoms. The van der Waals surface area contributed by atoms with Gasteiger partial charge in [-0.1, -0.05) is 26.0 Å². The first-order valence-corrected chi connectivity index (χ1v) is 12.2. The number of fused-ring (bicyclic) bond motifs is 3. The number of furan rings is 1. The lowest BCUT2D eigenvalue weighted by molar-refractivity contribution is -0.192. The summed E-state index contributed by atoms with van der Waals surface area (Å²) >= 11 is 0. The van der Waals surface area contributed by atoms with Crippen LogP contribution in [0.3, 0.4) is 0 Å². The van der Waals surface area contributed by atoms with E-state index in [0.717, 1.165) is 0 Å². The minimum Gasteiger partial charge on any atom is -0.475 e. The molecule has 4 rings (SSSR count). The van der Waals surface area contributed by atoms with Crippen molar-refractivity contribution >= 4 is 33.8 Å². The summed E-state index contributed by atoms with van der Waals surface area (Å²) in [4.78, 5) is 21.7. The largest absolute Gasteiger partial charge is 0.490 e. The highest BCUT2D eigenvalue weighted by Crippen LogP contribution is 2.38. The Bertz CT molecular complexity index is 1530. The van der Waals surface area contributed by atoms with E-state index in [2.05, 4.69) is 10.6 Å². The van der Waals surface area contributed by atoms with Crippen LogP contribution in [-0.2, 0) is 9.59 Å². The molecule has 0 aliphatic heterocycles. The van der Waals surface area contributed by atoms with Crippen molar-refractivity contribution in [1.82, 2.24) is 10.6 Å². The zero-order chi connectivity index (χ0) is 30.8. The van der Waals surface area contributed by atoms with E-state index < -0.39 is 41.9 Å². The Hall–Kier alpha value is -4.30. The Morgan fingerprint density at radius 3 is 2.15 bits per heavy atom. The highest BCUT2D eigenvalue weighted by molar-refractivity contribution is 6.05. The zero-order valence-corrected chi connectivity index (χ0v) is 21.7. The summed E-state index contributed by atoms with van der Waals surface area (Å²) in [6, 6.07) is 9.83. The molecule has 2 atom stereocenters. The summed E-state index contributed by atoms with van der Waals surface area (Å²) in [5, 5.41) is 31.9. The van der Waals surface area contributed by atoms with Crippen molar-refractivity contribution in [2.75, 3.05) is 0 Å². The Kier molecular flexibility index (Phi) is 8.89. The van der Waals surface area contributed by atoms with Crippen molar-refractivity contribution in [3.8, 4) is 12.1 Å². The Labute approximate surface area is 229 Å². The monoisotopic (exact) mass is 582 g/mol. The molecule has 0 radical (unpaired) electrons. The minimum atomic E-state index is -5.08. The van der Waals surface area contributed by atoms with Gasteiger partial charge in [0.2, 0.25) is 5.91 Å². The number of benzene rings is 2. The summed E-state index contributed by atoms with van der Waals surface area (Å²) in [7, 11) is 0. The molecule has 3 aromatic rings. The quantitative estimate of drug-likeness (QED) is 0.296. The molecule has 3 N–H and O–H groups in total. The van der Waals surface area contributed by atoms with Crippen molar-refractivity contribution in [2.24, 2.45) is 5.92 Å². The van der Waals surface area contributed by atoms with E-state index >= 15 is 0 Å². The lowest BCUT2D eigenvalue weighted by Gasteiger charge is -2.29. The fourth-order valence-electron chi connectivity index (χ4n) is 4.06. The van der Waals surface area contributed by atoms with Crippen LogP contribution in [0.5, 0.6) is 0 Å². The molecule has 0 spiro atoms. The summed E-state index contributed by atoms with van der Waals surface area (Å²) in [5.74, 6) is -3.43. The number of rotatable bonds is 7. The number of nitriles is 2. The van der Waals surface area contributed by atoms with E-state index in [4.69, 9.17) is 19.6 Å². The van der Waals surface area contributed by atoms with Gasteiger partial charge in [0, 0.05) is 10.8 Å². The van der Waals surface area contributed by atoms with Gasteiger partial charge in [0.25, 0.3) is 0 Å². The predicted octanol–water partition coefficient (Wildman–Crippen LogP) is 5.87. The number of carboxylic acid groups (broad SMARTS) is 1. The normalized spacial score (nSPS) is 15.8. The summed E-state index contributed by atoms with van der Waals surface area (Å²) in [6.07, 6.45) is -8.62. The number of halogens is 6. The second-order valence-electron chi connectivity index (χ2n) is 9.99.